The lowest BCUT2D eigenvalue weighted by Gasteiger charge is -2.26. The fourth-order valence-corrected chi connectivity index (χ4v) is 2.26. The van der Waals surface area contributed by atoms with Gasteiger partial charge in [0, 0.05) is 18.3 Å². The van der Waals surface area contributed by atoms with Crippen LogP contribution in [0.1, 0.15) is 59.6 Å². The second-order valence-corrected chi connectivity index (χ2v) is 8.31. The number of aliphatic carboxylic acids is 1. The minimum absolute atomic E-state index is 0.0916. The van der Waals surface area contributed by atoms with E-state index in [9.17, 15) is 4.79 Å². The van der Waals surface area contributed by atoms with Crippen molar-refractivity contribution in [1.29, 1.82) is 0 Å². The summed E-state index contributed by atoms with van der Waals surface area (Å²) in [5.41, 5.74) is 4.62. The molecule has 1 aromatic carbocycles. The number of allylic oxidation sites excluding steroid dienone is 2. The lowest BCUT2D eigenvalue weighted by atomic mass is 9.80. The minimum atomic E-state index is -0.919. The molecule has 0 spiro atoms. The molecule has 24 heavy (non-hydrogen) atoms. The van der Waals surface area contributed by atoms with Crippen molar-refractivity contribution in [3.05, 3.63) is 53.1 Å². The van der Waals surface area contributed by atoms with Crippen molar-refractivity contribution in [2.45, 2.75) is 59.3 Å². The highest BCUT2D eigenvalue weighted by Gasteiger charge is 2.20. The Kier molecular flexibility index (Phi) is 6.42. The highest BCUT2D eigenvalue weighted by Crippen LogP contribution is 2.31. The maximum absolute atomic E-state index is 10.6. The number of carboxylic acids is 1. The largest absolute Gasteiger partial charge is 0.478 e. The maximum Gasteiger partial charge on any atom is 0.328 e. The Morgan fingerprint density at radius 2 is 1.54 bits per heavy atom. The maximum atomic E-state index is 10.6. The number of benzene rings is 1. The first kappa shape index (κ1) is 20.0. The number of carboxylic acid groups (broad SMARTS) is 1. The first-order chi connectivity index (χ1) is 10.9. The van der Waals surface area contributed by atoms with E-state index in [1.807, 2.05) is 12.2 Å². The van der Waals surface area contributed by atoms with Gasteiger partial charge in [-0.25, -0.2) is 4.79 Å². The Morgan fingerprint density at radius 1 is 1.04 bits per heavy atom. The molecule has 0 aliphatic carbocycles. The molecule has 0 bridgehead atoms. The summed E-state index contributed by atoms with van der Waals surface area (Å²) in [6.45, 7) is 15.8. The summed E-state index contributed by atoms with van der Waals surface area (Å²) in [6, 6.07) is 6.69. The van der Waals surface area contributed by atoms with Gasteiger partial charge in [-0.2, -0.15) is 0 Å². The van der Waals surface area contributed by atoms with Crippen molar-refractivity contribution in [3.8, 4) is 0 Å². The molecule has 1 aromatic rings. The normalized spacial score (nSPS) is 13.4. The summed E-state index contributed by atoms with van der Waals surface area (Å²) in [6.07, 6.45) is 4.96. The second kappa shape index (κ2) is 7.69. The number of rotatable bonds is 5. The third kappa shape index (κ3) is 6.61. The summed E-state index contributed by atoms with van der Waals surface area (Å²) >= 11 is 0. The van der Waals surface area contributed by atoms with Gasteiger partial charge >= 0.3 is 5.97 Å². The Morgan fingerprint density at radius 3 is 1.96 bits per heavy atom. The fraction of sp³-hybridized carbons (Fsp3) is 0.476. The van der Waals surface area contributed by atoms with Crippen LogP contribution in [0.2, 0.25) is 0 Å². The van der Waals surface area contributed by atoms with E-state index in [1.165, 1.54) is 17.2 Å². The molecule has 3 nitrogen and oxygen atoms in total. The van der Waals surface area contributed by atoms with Crippen LogP contribution in [-0.4, -0.2) is 17.6 Å². The number of nitrogens with one attached hydrogen (secondary N) is 1. The number of hydrogen-bond acceptors (Lipinski definition) is 2. The Hall–Kier alpha value is -2.03. The highest BCUT2D eigenvalue weighted by atomic mass is 16.4. The summed E-state index contributed by atoms with van der Waals surface area (Å²) < 4.78 is 0. The fourth-order valence-electron chi connectivity index (χ4n) is 2.26. The monoisotopic (exact) mass is 329 g/mol. The van der Waals surface area contributed by atoms with Gasteiger partial charge in [0.15, 0.2) is 0 Å². The zero-order valence-electron chi connectivity index (χ0n) is 16.0. The molecule has 0 fully saturated rings. The zero-order valence-corrected chi connectivity index (χ0v) is 16.0. The average molecular weight is 329 g/mol. The second-order valence-electron chi connectivity index (χ2n) is 8.31. The lowest BCUT2D eigenvalue weighted by Crippen LogP contribution is -2.17. The molecule has 0 aliphatic rings. The summed E-state index contributed by atoms with van der Waals surface area (Å²) in [5, 5.41) is 12.1. The average Bonchev–Trinajstić information content (AvgIpc) is 2.40. The van der Waals surface area contributed by atoms with Gasteiger partial charge in [0.05, 0.1) is 0 Å². The van der Waals surface area contributed by atoms with Gasteiger partial charge in [-0.05, 0) is 46.6 Å². The van der Waals surface area contributed by atoms with Crippen LogP contribution in [0.4, 0.5) is 5.69 Å². The summed E-state index contributed by atoms with van der Waals surface area (Å²) in [7, 11) is 0. The van der Waals surface area contributed by atoms with Crippen LogP contribution in [0.3, 0.4) is 0 Å². The van der Waals surface area contributed by atoms with Gasteiger partial charge in [-0.3, -0.25) is 0 Å². The van der Waals surface area contributed by atoms with Gasteiger partial charge < -0.3 is 10.4 Å². The summed E-state index contributed by atoms with van der Waals surface area (Å²) in [4.78, 5) is 10.6. The first-order valence-corrected chi connectivity index (χ1v) is 8.37. The van der Waals surface area contributed by atoms with Crippen molar-refractivity contribution in [1.82, 2.24) is 0 Å². The van der Waals surface area contributed by atoms with Crippen molar-refractivity contribution in [3.63, 3.8) is 0 Å². The van der Waals surface area contributed by atoms with E-state index < -0.39 is 5.97 Å². The molecule has 0 aliphatic heterocycles. The molecule has 0 saturated heterocycles. The van der Waals surface area contributed by atoms with E-state index in [4.69, 9.17) is 5.11 Å². The van der Waals surface area contributed by atoms with Crippen LogP contribution in [0.5, 0.6) is 0 Å². The first-order valence-electron chi connectivity index (χ1n) is 8.37. The molecule has 0 saturated carbocycles. The quantitative estimate of drug-likeness (QED) is 0.570. The van der Waals surface area contributed by atoms with Gasteiger partial charge in [0.1, 0.15) is 0 Å². The summed E-state index contributed by atoms with van der Waals surface area (Å²) in [5.74, 6) is -0.919. The van der Waals surface area contributed by atoms with E-state index in [1.54, 1.807) is 6.92 Å². The van der Waals surface area contributed by atoms with E-state index >= 15 is 0 Å². The van der Waals surface area contributed by atoms with E-state index in [0.29, 0.717) is 6.54 Å². The predicted molar refractivity (Wildman–Crippen MR) is 103 cm³/mol. The minimum Gasteiger partial charge on any atom is -0.478 e. The van der Waals surface area contributed by atoms with Crippen molar-refractivity contribution in [2.24, 2.45) is 0 Å². The highest BCUT2D eigenvalue weighted by molar-refractivity contribution is 5.81. The van der Waals surface area contributed by atoms with E-state index in [2.05, 4.69) is 65.1 Å². The number of carbonyl (C=O) groups is 1. The Labute approximate surface area is 146 Å². The van der Waals surface area contributed by atoms with Gasteiger partial charge in [0.25, 0.3) is 0 Å². The number of hydrogen-bond donors (Lipinski definition) is 2. The van der Waals surface area contributed by atoms with Crippen LogP contribution in [0.15, 0.2) is 42.0 Å². The standard InChI is InChI=1S/C21H31NO2/c1-15(11-19(23)24)9-8-10-22-18-13-16(20(2,3)4)12-17(14-18)21(5,6)7/h8-9,11-14,22H,10H2,1-7H3,(H,23,24)/b9-8+,15-11+. The molecule has 132 valence electrons. The zero-order chi connectivity index (χ0) is 18.5. The molecule has 1 rings (SSSR count). The molecule has 3 heteroatoms. The molecule has 0 unspecified atom stereocenters. The van der Waals surface area contributed by atoms with Crippen LogP contribution in [0.25, 0.3) is 0 Å². The van der Waals surface area contributed by atoms with Gasteiger partial charge in [-0.15, -0.1) is 0 Å². The van der Waals surface area contributed by atoms with Crippen molar-refractivity contribution in [2.75, 3.05) is 11.9 Å². The SMILES string of the molecule is CC(/C=C/CNc1cc(C(C)(C)C)cc(C(C)(C)C)c1)=C\C(=O)O. The molecule has 0 aromatic heterocycles. The lowest BCUT2D eigenvalue weighted by molar-refractivity contribution is -0.131. The molecule has 0 heterocycles. The van der Waals surface area contributed by atoms with E-state index in [-0.39, 0.29) is 10.8 Å². The third-order valence-electron chi connectivity index (χ3n) is 3.82. The van der Waals surface area contributed by atoms with Gasteiger partial charge in [0.2, 0.25) is 0 Å². The molecule has 0 amide bonds. The molecular formula is C21H31NO2. The van der Waals surface area contributed by atoms with Crippen LogP contribution in [0, 0.1) is 0 Å². The van der Waals surface area contributed by atoms with Gasteiger partial charge in [-0.1, -0.05) is 59.8 Å². The van der Waals surface area contributed by atoms with Crippen LogP contribution in [-0.2, 0) is 15.6 Å². The van der Waals surface area contributed by atoms with E-state index in [0.717, 1.165) is 11.3 Å². The van der Waals surface area contributed by atoms with Crippen molar-refractivity contribution >= 4 is 11.7 Å². The Bertz CT molecular complexity index is 609. The molecule has 2 N–H and O–H groups in total. The van der Waals surface area contributed by atoms with Crippen LogP contribution < -0.4 is 5.32 Å². The Balaban J connectivity index is 2.95. The topological polar surface area (TPSA) is 49.3 Å². The third-order valence-corrected chi connectivity index (χ3v) is 3.82. The molecular weight excluding hydrogens is 298 g/mol. The molecule has 0 radical (unpaired) electrons. The smallest absolute Gasteiger partial charge is 0.328 e. The molecule has 0 atom stereocenters. The van der Waals surface area contributed by atoms with Crippen molar-refractivity contribution < 1.29 is 9.90 Å². The van der Waals surface area contributed by atoms with Crippen LogP contribution >= 0.6 is 0 Å². The number of anilines is 1. The predicted octanol–water partition coefficient (Wildman–Crippen LogP) is 5.28.